The fourth-order valence-corrected chi connectivity index (χ4v) is 3.66. The smallest absolute Gasteiger partial charge is 0.0558 e. The van der Waals surface area contributed by atoms with Gasteiger partial charge in [-0.05, 0) is 58.8 Å². The Morgan fingerprint density at radius 1 is 1.33 bits per heavy atom. The van der Waals surface area contributed by atoms with E-state index in [-0.39, 0.29) is 12.1 Å². The van der Waals surface area contributed by atoms with Crippen LogP contribution in [0.2, 0.25) is 0 Å². The molecule has 0 heterocycles. The molecule has 0 aromatic rings. The second-order valence-electron chi connectivity index (χ2n) is 8.59. The molecule has 0 saturated heterocycles. The highest BCUT2D eigenvalue weighted by molar-refractivity contribution is 4.92. The molecule has 0 aliphatic heterocycles. The molecule has 2 N–H and O–H groups in total. The molecular weight excluding hydrogens is 260 g/mol. The molecule has 1 fully saturated rings. The molecule has 2 atom stereocenters. The summed E-state index contributed by atoms with van der Waals surface area (Å²) in [5.41, 5.74) is 0.539. The fourth-order valence-electron chi connectivity index (χ4n) is 3.66. The third-order valence-electron chi connectivity index (χ3n) is 4.84. The Bertz CT molecular complexity index is 298. The molecule has 21 heavy (non-hydrogen) atoms. The summed E-state index contributed by atoms with van der Waals surface area (Å²) in [5, 5.41) is 13.1. The lowest BCUT2D eigenvalue weighted by Crippen LogP contribution is -2.52. The lowest BCUT2D eigenvalue weighted by molar-refractivity contribution is 0.0502. The zero-order valence-electron chi connectivity index (χ0n) is 15.2. The quantitative estimate of drug-likeness (QED) is 0.757. The van der Waals surface area contributed by atoms with Crippen LogP contribution < -0.4 is 5.32 Å². The summed E-state index contributed by atoms with van der Waals surface area (Å²) in [4.78, 5) is 2.46. The highest BCUT2D eigenvalue weighted by Crippen LogP contribution is 2.40. The lowest BCUT2D eigenvalue weighted by atomic mass is 9.69. The van der Waals surface area contributed by atoms with E-state index in [9.17, 15) is 5.11 Å². The predicted octanol–water partition coefficient (Wildman–Crippen LogP) is 3.27. The minimum atomic E-state index is 0.174. The fraction of sp³-hybridized carbons (Fsp3) is 1.00. The zero-order chi connectivity index (χ0) is 16.1. The maximum absolute atomic E-state index is 9.35. The summed E-state index contributed by atoms with van der Waals surface area (Å²) >= 11 is 0. The number of aliphatic hydroxyl groups excluding tert-OH is 1. The van der Waals surface area contributed by atoms with Gasteiger partial charge in [0.1, 0.15) is 0 Å². The molecule has 0 radical (unpaired) electrons. The normalized spacial score (nSPS) is 27.6. The predicted molar refractivity (Wildman–Crippen MR) is 91.6 cm³/mol. The van der Waals surface area contributed by atoms with Crippen LogP contribution in [0.4, 0.5) is 0 Å². The number of nitrogens with zero attached hydrogens (tertiary/aromatic N) is 1. The van der Waals surface area contributed by atoms with Crippen LogP contribution in [0.1, 0.15) is 67.2 Å². The van der Waals surface area contributed by atoms with Crippen LogP contribution in [-0.4, -0.2) is 47.8 Å². The SMILES string of the molecule is CC1CCCC(CNC(C)(C)C)(CN(CCO)C(C)C)C1. The molecule has 1 aliphatic rings. The minimum absolute atomic E-state index is 0.174. The number of nitrogens with one attached hydrogen (secondary N) is 1. The van der Waals surface area contributed by atoms with E-state index in [1.165, 1.54) is 25.7 Å². The van der Waals surface area contributed by atoms with Crippen LogP contribution in [0.25, 0.3) is 0 Å². The molecule has 0 spiro atoms. The third-order valence-corrected chi connectivity index (χ3v) is 4.84. The molecule has 1 saturated carbocycles. The maximum Gasteiger partial charge on any atom is 0.0558 e. The Balaban J connectivity index is 2.79. The highest BCUT2D eigenvalue weighted by Gasteiger charge is 2.37. The Kier molecular flexibility index (Phi) is 7.15. The topological polar surface area (TPSA) is 35.5 Å². The van der Waals surface area contributed by atoms with E-state index in [1.807, 2.05) is 0 Å². The van der Waals surface area contributed by atoms with Crippen LogP contribution >= 0.6 is 0 Å². The van der Waals surface area contributed by atoms with Gasteiger partial charge in [0.25, 0.3) is 0 Å². The summed E-state index contributed by atoms with van der Waals surface area (Å²) < 4.78 is 0. The summed E-state index contributed by atoms with van der Waals surface area (Å²) in [5.74, 6) is 0.823. The zero-order valence-corrected chi connectivity index (χ0v) is 15.2. The van der Waals surface area contributed by atoms with Crippen molar-refractivity contribution in [2.24, 2.45) is 11.3 Å². The van der Waals surface area contributed by atoms with Gasteiger partial charge in [0.2, 0.25) is 0 Å². The summed E-state index contributed by atoms with van der Waals surface area (Å²) in [6.45, 7) is 16.9. The maximum atomic E-state index is 9.35. The van der Waals surface area contributed by atoms with Crippen molar-refractivity contribution < 1.29 is 5.11 Å². The van der Waals surface area contributed by atoms with Gasteiger partial charge in [-0.2, -0.15) is 0 Å². The van der Waals surface area contributed by atoms with Crippen LogP contribution in [0.3, 0.4) is 0 Å². The molecule has 3 nitrogen and oxygen atoms in total. The first-order valence-corrected chi connectivity index (χ1v) is 8.77. The first-order valence-electron chi connectivity index (χ1n) is 8.77. The third kappa shape index (κ3) is 6.66. The van der Waals surface area contributed by atoms with Gasteiger partial charge in [0, 0.05) is 31.2 Å². The van der Waals surface area contributed by atoms with Gasteiger partial charge in [-0.25, -0.2) is 0 Å². The van der Waals surface area contributed by atoms with Gasteiger partial charge in [0.05, 0.1) is 6.61 Å². The van der Waals surface area contributed by atoms with E-state index in [1.54, 1.807) is 0 Å². The number of hydrogen-bond acceptors (Lipinski definition) is 3. The van der Waals surface area contributed by atoms with Gasteiger partial charge in [-0.15, -0.1) is 0 Å². The largest absolute Gasteiger partial charge is 0.395 e. The molecule has 3 heteroatoms. The van der Waals surface area contributed by atoms with E-state index in [2.05, 4.69) is 51.8 Å². The van der Waals surface area contributed by atoms with Crippen LogP contribution in [0.5, 0.6) is 0 Å². The van der Waals surface area contributed by atoms with Crippen molar-refractivity contribution in [2.45, 2.75) is 78.8 Å². The molecular formula is C18H38N2O. The van der Waals surface area contributed by atoms with Crippen molar-refractivity contribution in [2.75, 3.05) is 26.2 Å². The molecule has 126 valence electrons. The Hall–Kier alpha value is -0.120. The average Bonchev–Trinajstić information content (AvgIpc) is 2.35. The van der Waals surface area contributed by atoms with Crippen LogP contribution in [0, 0.1) is 11.3 Å². The first kappa shape index (κ1) is 18.9. The second kappa shape index (κ2) is 7.94. The van der Waals surface area contributed by atoms with Crippen molar-refractivity contribution >= 4 is 0 Å². The van der Waals surface area contributed by atoms with E-state index < -0.39 is 0 Å². The molecule has 0 aromatic heterocycles. The van der Waals surface area contributed by atoms with E-state index in [4.69, 9.17) is 0 Å². The molecule has 0 bridgehead atoms. The van der Waals surface area contributed by atoms with E-state index in [0.29, 0.717) is 11.5 Å². The van der Waals surface area contributed by atoms with E-state index >= 15 is 0 Å². The van der Waals surface area contributed by atoms with Gasteiger partial charge in [-0.3, -0.25) is 4.90 Å². The van der Waals surface area contributed by atoms with Crippen molar-refractivity contribution in [3.05, 3.63) is 0 Å². The molecule has 1 aliphatic carbocycles. The first-order chi connectivity index (χ1) is 9.67. The molecule has 0 aromatic carbocycles. The summed E-state index contributed by atoms with van der Waals surface area (Å²) in [6.07, 6.45) is 5.34. The van der Waals surface area contributed by atoms with Crippen LogP contribution in [-0.2, 0) is 0 Å². The van der Waals surface area contributed by atoms with Crippen LogP contribution in [0.15, 0.2) is 0 Å². The van der Waals surface area contributed by atoms with Gasteiger partial charge >= 0.3 is 0 Å². The Labute approximate surface area is 132 Å². The molecule has 1 rings (SSSR count). The Morgan fingerprint density at radius 2 is 2.00 bits per heavy atom. The average molecular weight is 299 g/mol. The van der Waals surface area contributed by atoms with Crippen molar-refractivity contribution in [3.8, 4) is 0 Å². The number of aliphatic hydroxyl groups is 1. The highest BCUT2D eigenvalue weighted by atomic mass is 16.3. The van der Waals surface area contributed by atoms with E-state index in [0.717, 1.165) is 25.6 Å². The van der Waals surface area contributed by atoms with Gasteiger partial charge < -0.3 is 10.4 Å². The summed E-state index contributed by atoms with van der Waals surface area (Å²) in [6, 6.07) is 0.501. The number of hydrogen-bond donors (Lipinski definition) is 2. The van der Waals surface area contributed by atoms with Crippen molar-refractivity contribution in [3.63, 3.8) is 0 Å². The van der Waals surface area contributed by atoms with Crippen molar-refractivity contribution in [1.82, 2.24) is 10.2 Å². The summed E-state index contributed by atoms with van der Waals surface area (Å²) in [7, 11) is 0. The minimum Gasteiger partial charge on any atom is -0.395 e. The lowest BCUT2D eigenvalue weighted by Gasteiger charge is -2.45. The molecule has 0 amide bonds. The Morgan fingerprint density at radius 3 is 2.48 bits per heavy atom. The number of rotatable bonds is 7. The second-order valence-corrected chi connectivity index (χ2v) is 8.59. The van der Waals surface area contributed by atoms with Crippen molar-refractivity contribution in [1.29, 1.82) is 0 Å². The molecule has 2 unspecified atom stereocenters. The van der Waals surface area contributed by atoms with Gasteiger partial charge in [0.15, 0.2) is 0 Å². The standard InChI is InChI=1S/C18H38N2O/c1-15(2)20(10-11-21)14-18(13-19-17(4,5)6)9-7-8-16(3)12-18/h15-16,19,21H,7-14H2,1-6H3. The van der Waals surface area contributed by atoms with Gasteiger partial charge in [-0.1, -0.05) is 19.8 Å². The monoisotopic (exact) mass is 298 g/mol.